The number of amides is 1. The van der Waals surface area contributed by atoms with E-state index in [0.29, 0.717) is 17.7 Å². The lowest BCUT2D eigenvalue weighted by Crippen LogP contribution is -2.48. The first-order valence-electron chi connectivity index (χ1n) is 8.40. The van der Waals surface area contributed by atoms with Gasteiger partial charge in [-0.2, -0.15) is 0 Å². The first-order chi connectivity index (χ1) is 11.6. The minimum atomic E-state index is -0.184. The predicted molar refractivity (Wildman–Crippen MR) is 102 cm³/mol. The summed E-state index contributed by atoms with van der Waals surface area (Å²) in [7, 11) is 0. The molecule has 5 nitrogen and oxygen atoms in total. The maximum absolute atomic E-state index is 13.0. The SMILES string of the molecule is CCc1ccc(C2CNCCN2C(=O)c2c[nH]c(=O)cc2C)cc1.Cl. The fourth-order valence-corrected chi connectivity index (χ4v) is 3.18. The Morgan fingerprint density at radius 3 is 2.64 bits per heavy atom. The van der Waals surface area contributed by atoms with Gasteiger partial charge in [0, 0.05) is 31.9 Å². The van der Waals surface area contributed by atoms with Crippen molar-refractivity contribution in [3.63, 3.8) is 0 Å². The quantitative estimate of drug-likeness (QED) is 0.882. The highest BCUT2D eigenvalue weighted by molar-refractivity contribution is 5.95. The van der Waals surface area contributed by atoms with E-state index in [0.717, 1.165) is 25.1 Å². The van der Waals surface area contributed by atoms with Crippen molar-refractivity contribution in [3.05, 3.63) is 69.1 Å². The molecule has 1 aliphatic rings. The number of nitrogens with one attached hydrogen (secondary N) is 2. The molecule has 3 rings (SSSR count). The van der Waals surface area contributed by atoms with Gasteiger partial charge >= 0.3 is 0 Å². The van der Waals surface area contributed by atoms with Crippen molar-refractivity contribution in [2.45, 2.75) is 26.3 Å². The van der Waals surface area contributed by atoms with E-state index < -0.39 is 0 Å². The normalized spacial score (nSPS) is 17.0. The highest BCUT2D eigenvalue weighted by atomic mass is 35.5. The number of piperazine rings is 1. The third-order valence-corrected chi connectivity index (χ3v) is 4.64. The van der Waals surface area contributed by atoms with Gasteiger partial charge in [0.25, 0.3) is 5.91 Å². The summed E-state index contributed by atoms with van der Waals surface area (Å²) in [4.78, 5) is 28.9. The van der Waals surface area contributed by atoms with Gasteiger partial charge in [-0.3, -0.25) is 9.59 Å². The number of hydrogen-bond acceptors (Lipinski definition) is 3. The number of H-pyrrole nitrogens is 1. The fourth-order valence-electron chi connectivity index (χ4n) is 3.18. The molecule has 0 radical (unpaired) electrons. The largest absolute Gasteiger partial charge is 0.329 e. The Morgan fingerprint density at radius 2 is 2.00 bits per heavy atom. The van der Waals surface area contributed by atoms with Crippen LogP contribution in [0.3, 0.4) is 0 Å². The summed E-state index contributed by atoms with van der Waals surface area (Å²) in [5.74, 6) is -0.0326. The smallest absolute Gasteiger partial charge is 0.256 e. The van der Waals surface area contributed by atoms with Gasteiger partial charge < -0.3 is 15.2 Å². The number of aromatic nitrogens is 1. The first kappa shape index (κ1) is 19.2. The van der Waals surface area contributed by atoms with Crippen LogP contribution in [-0.2, 0) is 6.42 Å². The Kier molecular flexibility index (Phi) is 6.39. The minimum Gasteiger partial charge on any atom is -0.329 e. The van der Waals surface area contributed by atoms with Crippen molar-refractivity contribution < 1.29 is 4.79 Å². The van der Waals surface area contributed by atoms with E-state index in [9.17, 15) is 9.59 Å². The minimum absolute atomic E-state index is 0. The second-order valence-electron chi connectivity index (χ2n) is 6.21. The van der Waals surface area contributed by atoms with E-state index >= 15 is 0 Å². The van der Waals surface area contributed by atoms with Crippen molar-refractivity contribution >= 4 is 18.3 Å². The molecule has 2 heterocycles. The molecular formula is C19H24ClN3O2. The Morgan fingerprint density at radius 1 is 1.28 bits per heavy atom. The number of nitrogens with zero attached hydrogens (tertiary/aromatic N) is 1. The van der Waals surface area contributed by atoms with Crippen molar-refractivity contribution in [2.75, 3.05) is 19.6 Å². The van der Waals surface area contributed by atoms with Crippen molar-refractivity contribution in [2.24, 2.45) is 0 Å². The number of hydrogen-bond donors (Lipinski definition) is 2. The standard InChI is InChI=1S/C19H23N3O2.ClH/c1-3-14-4-6-15(7-5-14)17-12-20-8-9-22(17)19(24)16-11-21-18(23)10-13(16)2;/h4-7,10-11,17,20H,3,8-9,12H2,1-2H3,(H,21,23);1H. The van der Waals surface area contributed by atoms with Gasteiger partial charge in [-0.25, -0.2) is 0 Å². The van der Waals surface area contributed by atoms with Crippen LogP contribution in [0.25, 0.3) is 0 Å². The number of aryl methyl sites for hydroxylation is 2. The number of halogens is 1. The molecule has 1 aliphatic heterocycles. The highest BCUT2D eigenvalue weighted by Crippen LogP contribution is 2.25. The number of aromatic amines is 1. The first-order valence-corrected chi connectivity index (χ1v) is 8.40. The highest BCUT2D eigenvalue weighted by Gasteiger charge is 2.29. The van der Waals surface area contributed by atoms with E-state index in [1.807, 2.05) is 4.90 Å². The van der Waals surface area contributed by atoms with Crippen LogP contribution in [0, 0.1) is 6.92 Å². The molecule has 0 aliphatic carbocycles. The van der Waals surface area contributed by atoms with E-state index in [-0.39, 0.29) is 29.9 Å². The zero-order valence-corrected chi connectivity index (χ0v) is 15.4. The molecule has 2 N–H and O–H groups in total. The lowest BCUT2D eigenvalue weighted by atomic mass is 9.99. The number of pyridine rings is 1. The van der Waals surface area contributed by atoms with Crippen LogP contribution in [0.1, 0.15) is 40.0 Å². The molecule has 25 heavy (non-hydrogen) atoms. The predicted octanol–water partition coefficient (Wildman–Crippen LogP) is 2.45. The molecular weight excluding hydrogens is 338 g/mol. The van der Waals surface area contributed by atoms with E-state index in [4.69, 9.17) is 0 Å². The maximum Gasteiger partial charge on any atom is 0.256 e. The zero-order chi connectivity index (χ0) is 17.1. The van der Waals surface area contributed by atoms with Gasteiger partial charge in [0.2, 0.25) is 5.56 Å². The molecule has 1 aromatic heterocycles. The summed E-state index contributed by atoms with van der Waals surface area (Å²) in [5, 5.41) is 3.37. The molecule has 2 aromatic rings. The lowest BCUT2D eigenvalue weighted by molar-refractivity contribution is 0.0633. The van der Waals surface area contributed by atoms with Crippen LogP contribution < -0.4 is 10.9 Å². The van der Waals surface area contributed by atoms with Crippen molar-refractivity contribution in [1.82, 2.24) is 15.2 Å². The van der Waals surface area contributed by atoms with Gasteiger partial charge in [0.05, 0.1) is 11.6 Å². The van der Waals surface area contributed by atoms with Crippen LogP contribution in [0.4, 0.5) is 0 Å². The van der Waals surface area contributed by atoms with E-state index in [1.165, 1.54) is 17.8 Å². The number of rotatable bonds is 3. The van der Waals surface area contributed by atoms with Crippen LogP contribution in [0.5, 0.6) is 0 Å². The van der Waals surface area contributed by atoms with Crippen LogP contribution in [0.15, 0.2) is 41.3 Å². The molecule has 1 aromatic carbocycles. The average molecular weight is 362 g/mol. The number of carbonyl (C=O) groups excluding carboxylic acids is 1. The van der Waals surface area contributed by atoms with Crippen LogP contribution in [-0.4, -0.2) is 35.4 Å². The summed E-state index contributed by atoms with van der Waals surface area (Å²) in [5.41, 5.74) is 3.51. The molecule has 1 atom stereocenters. The number of carbonyl (C=O) groups is 1. The Balaban J connectivity index is 0.00000225. The third-order valence-electron chi connectivity index (χ3n) is 4.64. The molecule has 1 amide bonds. The van der Waals surface area contributed by atoms with Crippen LogP contribution in [0.2, 0.25) is 0 Å². The Bertz CT molecular complexity index is 786. The Labute approximate surface area is 153 Å². The number of benzene rings is 1. The van der Waals surface area contributed by atoms with E-state index in [2.05, 4.69) is 41.5 Å². The Hall–Kier alpha value is -2.11. The topological polar surface area (TPSA) is 65.2 Å². The molecule has 6 heteroatoms. The van der Waals surface area contributed by atoms with Gasteiger partial charge in [-0.05, 0) is 30.0 Å². The summed E-state index contributed by atoms with van der Waals surface area (Å²) in [6, 6.07) is 9.94. The lowest BCUT2D eigenvalue weighted by Gasteiger charge is -2.37. The van der Waals surface area contributed by atoms with Crippen LogP contribution >= 0.6 is 12.4 Å². The van der Waals surface area contributed by atoms with Gasteiger partial charge in [-0.1, -0.05) is 31.2 Å². The second kappa shape index (κ2) is 8.32. The molecule has 0 saturated carbocycles. The summed E-state index contributed by atoms with van der Waals surface area (Å²) >= 11 is 0. The summed E-state index contributed by atoms with van der Waals surface area (Å²) in [6.07, 6.45) is 2.53. The zero-order valence-electron chi connectivity index (χ0n) is 14.5. The average Bonchev–Trinajstić information content (AvgIpc) is 2.61. The molecule has 0 spiro atoms. The monoisotopic (exact) mass is 361 g/mol. The summed E-state index contributed by atoms with van der Waals surface area (Å²) < 4.78 is 0. The molecule has 0 bridgehead atoms. The third kappa shape index (κ3) is 4.11. The molecule has 1 saturated heterocycles. The van der Waals surface area contributed by atoms with Gasteiger partial charge in [-0.15, -0.1) is 12.4 Å². The molecule has 1 fully saturated rings. The molecule has 1 unspecified atom stereocenters. The summed E-state index contributed by atoms with van der Waals surface area (Å²) in [6.45, 7) is 6.09. The maximum atomic E-state index is 13.0. The van der Waals surface area contributed by atoms with Crippen molar-refractivity contribution in [3.8, 4) is 0 Å². The second-order valence-corrected chi connectivity index (χ2v) is 6.21. The van der Waals surface area contributed by atoms with Crippen molar-refractivity contribution in [1.29, 1.82) is 0 Å². The molecule has 134 valence electrons. The fraction of sp³-hybridized carbons (Fsp3) is 0.368. The van der Waals surface area contributed by atoms with Gasteiger partial charge in [0.15, 0.2) is 0 Å². The van der Waals surface area contributed by atoms with Gasteiger partial charge in [0.1, 0.15) is 0 Å². The van der Waals surface area contributed by atoms with E-state index in [1.54, 1.807) is 6.92 Å².